The number of benzene rings is 1. The number of likely N-dealkylation sites (tertiary alicyclic amines) is 1. The first kappa shape index (κ1) is 19.1. The van der Waals surface area contributed by atoms with Crippen molar-refractivity contribution in [2.75, 3.05) is 13.1 Å². The number of carboxylic acid groups (broad SMARTS) is 1. The molecule has 2 fully saturated rings. The lowest BCUT2D eigenvalue weighted by atomic mass is 9.70. The molecule has 4 rings (SSSR count). The Morgan fingerprint density at radius 2 is 1.86 bits per heavy atom. The van der Waals surface area contributed by atoms with Gasteiger partial charge in [0, 0.05) is 5.92 Å². The Morgan fingerprint density at radius 3 is 2.54 bits per heavy atom. The normalized spacial score (nSPS) is 22.0. The van der Waals surface area contributed by atoms with Crippen LogP contribution in [0.5, 0.6) is 11.5 Å². The van der Waals surface area contributed by atoms with E-state index in [-0.39, 0.29) is 41.3 Å². The van der Waals surface area contributed by atoms with E-state index in [4.69, 9.17) is 9.39 Å². The molecule has 0 atom stereocenters. The Morgan fingerprint density at radius 1 is 1.14 bits per heavy atom. The maximum absolute atomic E-state index is 12.5. The van der Waals surface area contributed by atoms with Gasteiger partial charge < -0.3 is 29.4 Å². The fraction of sp³-hybridized carbons (Fsp3) is 0.579. The summed E-state index contributed by atoms with van der Waals surface area (Å²) in [6, 6.07) is 3.26. The van der Waals surface area contributed by atoms with Gasteiger partial charge in [-0.1, -0.05) is 31.6 Å². The Balaban J connectivity index is 1.45. The predicted octanol–water partition coefficient (Wildman–Crippen LogP) is 1.41. The number of carboxylic acids is 1. The van der Waals surface area contributed by atoms with Crippen molar-refractivity contribution in [3.63, 3.8) is 0 Å². The van der Waals surface area contributed by atoms with Crippen molar-refractivity contribution in [3.05, 3.63) is 23.3 Å². The molecule has 1 aromatic carbocycles. The second-order valence-electron chi connectivity index (χ2n) is 8.06. The van der Waals surface area contributed by atoms with Crippen LogP contribution < -0.4 is 9.39 Å². The lowest BCUT2D eigenvalue weighted by Crippen LogP contribution is -2.57. The molecule has 0 bridgehead atoms. The first-order valence-electron chi connectivity index (χ1n) is 9.98. The molecule has 1 aromatic rings. The van der Waals surface area contributed by atoms with Gasteiger partial charge in [-0.05, 0) is 30.9 Å². The van der Waals surface area contributed by atoms with E-state index in [1.807, 2.05) is 0 Å². The highest BCUT2D eigenvalue weighted by atomic mass is 16.6. The fourth-order valence-corrected chi connectivity index (χ4v) is 4.31. The molecule has 8 nitrogen and oxygen atoms in total. The molecule has 1 aliphatic carbocycles. The van der Waals surface area contributed by atoms with Crippen LogP contribution in [0.25, 0.3) is 0 Å². The first-order valence-corrected chi connectivity index (χ1v) is 9.98. The molecular weight excluding hydrogens is 365 g/mol. The van der Waals surface area contributed by atoms with Crippen molar-refractivity contribution < 1.29 is 34.1 Å². The molecular formula is C19H25BNO7-. The quantitative estimate of drug-likeness (QED) is 0.666. The van der Waals surface area contributed by atoms with E-state index in [2.05, 4.69) is 0 Å². The Bertz CT molecular complexity index is 785. The van der Waals surface area contributed by atoms with Crippen LogP contribution in [-0.2, 0) is 11.2 Å². The summed E-state index contributed by atoms with van der Waals surface area (Å²) in [4.78, 5) is 26.1. The van der Waals surface area contributed by atoms with Gasteiger partial charge in [0.25, 0.3) is 0 Å². The summed E-state index contributed by atoms with van der Waals surface area (Å²) >= 11 is 0. The van der Waals surface area contributed by atoms with Crippen LogP contribution in [0.3, 0.4) is 0 Å². The second-order valence-corrected chi connectivity index (χ2v) is 8.06. The van der Waals surface area contributed by atoms with Crippen molar-refractivity contribution >= 4 is 18.6 Å². The molecule has 1 saturated heterocycles. The van der Waals surface area contributed by atoms with Crippen molar-refractivity contribution in [1.29, 1.82) is 0 Å². The van der Waals surface area contributed by atoms with Gasteiger partial charge in [0.05, 0.1) is 18.8 Å². The molecule has 3 N–H and O–H groups in total. The summed E-state index contributed by atoms with van der Waals surface area (Å²) < 4.78 is 11.0. The van der Waals surface area contributed by atoms with E-state index >= 15 is 0 Å². The second kappa shape index (κ2) is 7.29. The zero-order valence-electron chi connectivity index (χ0n) is 15.7. The van der Waals surface area contributed by atoms with Crippen molar-refractivity contribution in [1.82, 2.24) is 4.90 Å². The predicted molar refractivity (Wildman–Crippen MR) is 100 cm³/mol. The minimum Gasteiger partial charge on any atom is -0.669 e. The van der Waals surface area contributed by atoms with Crippen LogP contribution in [0.2, 0.25) is 6.32 Å². The topological polar surface area (TPSA) is 117 Å². The Kier molecular flexibility index (Phi) is 4.97. The van der Waals surface area contributed by atoms with E-state index in [1.54, 1.807) is 17.0 Å². The molecule has 3 aliphatic rings. The summed E-state index contributed by atoms with van der Waals surface area (Å²) in [5, 5.41) is 29.2. The van der Waals surface area contributed by atoms with Gasteiger partial charge in [0.1, 0.15) is 17.4 Å². The molecule has 28 heavy (non-hydrogen) atoms. The van der Waals surface area contributed by atoms with Crippen LogP contribution in [0.4, 0.5) is 0 Å². The zero-order valence-corrected chi connectivity index (χ0v) is 15.7. The molecule has 1 amide bonds. The molecule has 152 valence electrons. The molecule has 0 spiro atoms. The minimum atomic E-state index is -3.07. The molecule has 9 heteroatoms. The van der Waals surface area contributed by atoms with Crippen LogP contribution in [0.15, 0.2) is 12.1 Å². The largest absolute Gasteiger partial charge is 0.669 e. The number of amides is 1. The number of ether oxygens (including phenoxy) is 1. The van der Waals surface area contributed by atoms with Gasteiger partial charge in [-0.25, -0.2) is 4.79 Å². The standard InChI is InChI=1S/C19H25BNO7/c22-18(13-4-2-1-3-5-13)21-10-14(11-21)27-15-7-6-12-8-9-20(25,26)28-17(12)16(15)19(23)24/h6-7,13-14,25-26H,1-5,8-11H2,(H,23,24)/q-1. The average molecular weight is 390 g/mol. The third kappa shape index (κ3) is 3.68. The lowest BCUT2D eigenvalue weighted by molar-refractivity contribution is -0.145. The molecule has 1 saturated carbocycles. The highest BCUT2D eigenvalue weighted by molar-refractivity contribution is 6.59. The molecule has 0 aromatic heterocycles. The zero-order chi connectivity index (χ0) is 19.9. The summed E-state index contributed by atoms with van der Waals surface area (Å²) in [5.74, 6) is -0.911. The van der Waals surface area contributed by atoms with Gasteiger partial charge in [-0.2, -0.15) is 0 Å². The molecule has 0 unspecified atom stereocenters. The first-order chi connectivity index (χ1) is 13.3. The van der Waals surface area contributed by atoms with Gasteiger partial charge >= 0.3 is 12.7 Å². The number of aryl methyl sites for hydroxylation is 1. The van der Waals surface area contributed by atoms with Crippen LogP contribution in [0.1, 0.15) is 48.0 Å². The minimum absolute atomic E-state index is 0.0210. The molecule has 2 aliphatic heterocycles. The molecule has 2 heterocycles. The third-order valence-electron chi connectivity index (χ3n) is 5.92. The van der Waals surface area contributed by atoms with Crippen LogP contribution in [-0.4, -0.2) is 57.9 Å². The number of aromatic carboxylic acids is 1. The number of rotatable bonds is 4. The Labute approximate surface area is 163 Å². The summed E-state index contributed by atoms with van der Waals surface area (Å²) in [5.41, 5.74) is 0.400. The summed E-state index contributed by atoms with van der Waals surface area (Å²) in [7, 11) is 0. The molecule has 0 radical (unpaired) electrons. The SMILES string of the molecule is O=C(O)c1c(OC2CN(C(=O)C3CCCCC3)C2)ccc2c1O[B-](O)(O)CC2. The fourth-order valence-electron chi connectivity index (χ4n) is 4.31. The smallest absolute Gasteiger partial charge is 0.430 e. The highest BCUT2D eigenvalue weighted by Crippen LogP contribution is 2.39. The third-order valence-corrected chi connectivity index (χ3v) is 5.92. The van der Waals surface area contributed by atoms with E-state index in [9.17, 15) is 24.7 Å². The number of carbonyl (C=O) groups excluding carboxylic acids is 1. The number of carbonyl (C=O) groups is 2. The van der Waals surface area contributed by atoms with Gasteiger partial charge in [-0.15, -0.1) is 0 Å². The van der Waals surface area contributed by atoms with Crippen molar-refractivity contribution in [3.8, 4) is 11.5 Å². The number of hydrogen-bond acceptors (Lipinski definition) is 6. The number of nitrogens with zero attached hydrogens (tertiary/aromatic N) is 1. The lowest BCUT2D eigenvalue weighted by Gasteiger charge is -2.42. The number of fused-ring (bicyclic) bond motifs is 1. The maximum Gasteiger partial charge on any atom is 0.430 e. The van der Waals surface area contributed by atoms with E-state index in [1.165, 1.54) is 6.42 Å². The monoisotopic (exact) mass is 390 g/mol. The van der Waals surface area contributed by atoms with Crippen molar-refractivity contribution in [2.45, 2.75) is 50.9 Å². The Hall–Kier alpha value is -2.26. The maximum atomic E-state index is 12.5. The highest BCUT2D eigenvalue weighted by Gasteiger charge is 2.38. The van der Waals surface area contributed by atoms with E-state index in [0.717, 1.165) is 25.7 Å². The summed E-state index contributed by atoms with van der Waals surface area (Å²) in [6.07, 6.45) is 5.32. The van der Waals surface area contributed by atoms with Gasteiger partial charge in [-0.3, -0.25) is 4.79 Å². The van der Waals surface area contributed by atoms with Crippen LogP contribution in [0, 0.1) is 5.92 Å². The van der Waals surface area contributed by atoms with Crippen molar-refractivity contribution in [2.24, 2.45) is 5.92 Å². The average Bonchev–Trinajstić information content (AvgIpc) is 2.63. The number of hydrogen-bond donors (Lipinski definition) is 3. The van der Waals surface area contributed by atoms with Gasteiger partial charge in [0.2, 0.25) is 5.91 Å². The summed E-state index contributed by atoms with van der Waals surface area (Å²) in [6.45, 7) is -2.21. The van der Waals surface area contributed by atoms with E-state index < -0.39 is 12.7 Å². The van der Waals surface area contributed by atoms with E-state index in [0.29, 0.717) is 25.1 Å². The van der Waals surface area contributed by atoms with Gasteiger partial charge in [0.15, 0.2) is 0 Å². The van der Waals surface area contributed by atoms with Crippen LogP contribution >= 0.6 is 0 Å².